The number of nitrogens with one attached hydrogen (secondary N) is 1. The molecule has 2 aromatic heterocycles. The average molecular weight is 334 g/mol. The molecule has 0 fully saturated rings. The van der Waals surface area contributed by atoms with Crippen LogP contribution in [0.5, 0.6) is 5.75 Å². The van der Waals surface area contributed by atoms with Gasteiger partial charge in [-0.05, 0) is 30.3 Å². The van der Waals surface area contributed by atoms with Crippen LogP contribution in [0.4, 0.5) is 11.6 Å². The van der Waals surface area contributed by atoms with Crippen LogP contribution in [0.3, 0.4) is 0 Å². The van der Waals surface area contributed by atoms with Crippen LogP contribution in [0.25, 0.3) is 16.7 Å². The highest BCUT2D eigenvalue weighted by Crippen LogP contribution is 2.25. The number of hydrogen-bond donors (Lipinski definition) is 3. The molecule has 0 amide bonds. The first kappa shape index (κ1) is 16.3. The van der Waals surface area contributed by atoms with E-state index in [1.165, 1.54) is 0 Å². The second kappa shape index (κ2) is 6.89. The third-order valence-corrected chi connectivity index (χ3v) is 3.61. The van der Waals surface area contributed by atoms with Crippen LogP contribution in [-0.2, 0) is 6.54 Å². The summed E-state index contributed by atoms with van der Waals surface area (Å²) in [6.07, 6.45) is 5.19. The number of hydrogen-bond acceptors (Lipinski definition) is 6. The fraction of sp³-hybridized carbons (Fsp3) is 0.105. The van der Waals surface area contributed by atoms with E-state index in [1.54, 1.807) is 12.1 Å². The number of furan rings is 1. The monoisotopic (exact) mass is 334 g/mol. The summed E-state index contributed by atoms with van der Waals surface area (Å²) in [6.45, 7) is 4.66. The van der Waals surface area contributed by atoms with Crippen LogP contribution in [0.1, 0.15) is 11.3 Å². The Bertz CT molecular complexity index is 969. The number of aromatic nitrogens is 1. The van der Waals surface area contributed by atoms with Crippen LogP contribution in [0.15, 0.2) is 47.4 Å². The Kier molecular flexibility index (Phi) is 4.48. The molecule has 0 bridgehead atoms. The minimum Gasteiger partial charge on any atom is -0.481 e. The first-order chi connectivity index (χ1) is 12.1. The van der Waals surface area contributed by atoms with Crippen molar-refractivity contribution in [2.75, 3.05) is 18.1 Å². The summed E-state index contributed by atoms with van der Waals surface area (Å²) < 4.78 is 11.2. The van der Waals surface area contributed by atoms with Crippen molar-refractivity contribution in [3.8, 4) is 18.1 Å². The van der Waals surface area contributed by atoms with Crippen molar-refractivity contribution in [2.24, 2.45) is 0 Å². The van der Waals surface area contributed by atoms with Crippen LogP contribution >= 0.6 is 0 Å². The number of rotatable bonds is 6. The molecule has 3 aromatic rings. The third-order valence-electron chi connectivity index (χ3n) is 3.61. The van der Waals surface area contributed by atoms with Gasteiger partial charge in [0.25, 0.3) is 0 Å². The molecule has 0 unspecified atom stereocenters. The molecule has 6 heteroatoms. The Morgan fingerprint density at radius 1 is 1.28 bits per heavy atom. The number of nitrogens with two attached hydrogens (primary N) is 2. The Balaban J connectivity index is 1.70. The van der Waals surface area contributed by atoms with Crippen LogP contribution in [0.2, 0.25) is 0 Å². The van der Waals surface area contributed by atoms with Gasteiger partial charge in [0.1, 0.15) is 35.3 Å². The maximum Gasteiger partial charge on any atom is 0.148 e. The molecule has 0 aliphatic rings. The summed E-state index contributed by atoms with van der Waals surface area (Å²) in [5.74, 6) is 4.56. The molecule has 0 saturated carbocycles. The average Bonchev–Trinajstić information content (AvgIpc) is 3.00. The Morgan fingerprint density at radius 3 is 2.88 bits per heavy atom. The summed E-state index contributed by atoms with van der Waals surface area (Å²) in [6, 6.07) is 11.0. The minimum absolute atomic E-state index is 0.220. The molecule has 0 radical (unpaired) electrons. The second-order valence-corrected chi connectivity index (χ2v) is 5.41. The van der Waals surface area contributed by atoms with Gasteiger partial charge in [-0.1, -0.05) is 12.5 Å². The lowest BCUT2D eigenvalue weighted by atomic mass is 10.2. The number of fused-ring (bicyclic) bond motifs is 1. The molecule has 1 aromatic carbocycles. The minimum atomic E-state index is 0.220. The molecule has 0 saturated heterocycles. The number of nitrogens with zero attached hydrogens (tertiary/aromatic N) is 1. The first-order valence-corrected chi connectivity index (χ1v) is 7.60. The van der Waals surface area contributed by atoms with Gasteiger partial charge >= 0.3 is 0 Å². The van der Waals surface area contributed by atoms with E-state index in [-0.39, 0.29) is 6.61 Å². The van der Waals surface area contributed by atoms with E-state index in [9.17, 15) is 0 Å². The molecule has 2 heterocycles. The van der Waals surface area contributed by atoms with E-state index in [4.69, 9.17) is 27.0 Å². The van der Waals surface area contributed by atoms with E-state index in [0.717, 1.165) is 16.7 Å². The second-order valence-electron chi connectivity index (χ2n) is 5.41. The highest BCUT2D eigenvalue weighted by atomic mass is 16.5. The van der Waals surface area contributed by atoms with Gasteiger partial charge in [-0.25, -0.2) is 4.98 Å². The zero-order chi connectivity index (χ0) is 17.8. The molecule has 0 atom stereocenters. The van der Waals surface area contributed by atoms with Crippen LogP contribution in [-0.4, -0.2) is 11.6 Å². The van der Waals surface area contributed by atoms with Crippen molar-refractivity contribution in [1.82, 2.24) is 10.3 Å². The predicted molar refractivity (Wildman–Crippen MR) is 99.5 cm³/mol. The number of anilines is 2. The molecule has 25 heavy (non-hydrogen) atoms. The quantitative estimate of drug-likeness (QED) is 0.600. The standard InChI is InChI=1S/C19H18N4O2/c1-3-8-24-14-5-4-13-9-15(25-17(13)10-14)11-22-12(2)16-6-7-18(20)23-19(16)21/h1,4-7,9-10,22H,2,8,11H2,(H4,20,21,23). The lowest BCUT2D eigenvalue weighted by Crippen LogP contribution is -2.12. The van der Waals surface area contributed by atoms with Gasteiger partial charge in [-0.2, -0.15) is 0 Å². The lowest BCUT2D eigenvalue weighted by Gasteiger charge is -2.10. The van der Waals surface area contributed by atoms with Crippen LogP contribution < -0.4 is 21.5 Å². The zero-order valence-electron chi connectivity index (χ0n) is 13.6. The largest absolute Gasteiger partial charge is 0.481 e. The predicted octanol–water partition coefficient (Wildman–Crippen LogP) is 2.76. The lowest BCUT2D eigenvalue weighted by molar-refractivity contribution is 0.370. The Hall–Kier alpha value is -3.59. The van der Waals surface area contributed by atoms with Gasteiger partial charge in [-0.3, -0.25) is 0 Å². The van der Waals surface area contributed by atoms with Crippen molar-refractivity contribution >= 4 is 28.3 Å². The first-order valence-electron chi connectivity index (χ1n) is 7.60. The van der Waals surface area contributed by atoms with Gasteiger partial charge in [0, 0.05) is 22.7 Å². The van der Waals surface area contributed by atoms with E-state index in [2.05, 4.69) is 22.8 Å². The summed E-state index contributed by atoms with van der Waals surface area (Å²) in [5.41, 5.74) is 13.5. The number of pyridine rings is 1. The van der Waals surface area contributed by atoms with Gasteiger partial charge in [-0.15, -0.1) is 6.42 Å². The molecule has 0 spiro atoms. The third kappa shape index (κ3) is 3.67. The fourth-order valence-corrected chi connectivity index (χ4v) is 2.40. The number of benzene rings is 1. The summed E-state index contributed by atoms with van der Waals surface area (Å²) >= 11 is 0. The van der Waals surface area contributed by atoms with Gasteiger partial charge in [0.2, 0.25) is 0 Å². The summed E-state index contributed by atoms with van der Waals surface area (Å²) in [5, 5.41) is 4.15. The molecule has 6 nitrogen and oxygen atoms in total. The summed E-state index contributed by atoms with van der Waals surface area (Å²) in [7, 11) is 0. The maximum atomic E-state index is 5.87. The normalized spacial score (nSPS) is 10.4. The van der Waals surface area contributed by atoms with Gasteiger partial charge < -0.3 is 25.9 Å². The highest BCUT2D eigenvalue weighted by molar-refractivity contribution is 5.79. The Labute approximate surface area is 145 Å². The highest BCUT2D eigenvalue weighted by Gasteiger charge is 2.08. The number of nitrogen functional groups attached to an aromatic ring is 2. The van der Waals surface area contributed by atoms with Gasteiger partial charge in [0.05, 0.1) is 6.54 Å². The molecule has 5 N–H and O–H groups in total. The van der Waals surface area contributed by atoms with E-state index < -0.39 is 0 Å². The topological polar surface area (TPSA) is 99.3 Å². The maximum absolute atomic E-state index is 5.87. The molecule has 3 rings (SSSR count). The number of ether oxygens (including phenoxy) is 1. The smallest absolute Gasteiger partial charge is 0.148 e. The van der Waals surface area contributed by atoms with E-state index in [0.29, 0.717) is 35.2 Å². The van der Waals surface area contributed by atoms with Gasteiger partial charge in [0.15, 0.2) is 0 Å². The molecular formula is C19H18N4O2. The van der Waals surface area contributed by atoms with E-state index in [1.807, 2.05) is 24.3 Å². The molecule has 0 aliphatic carbocycles. The van der Waals surface area contributed by atoms with Crippen molar-refractivity contribution in [3.05, 3.63) is 54.3 Å². The summed E-state index contributed by atoms with van der Waals surface area (Å²) in [4.78, 5) is 4.02. The van der Waals surface area contributed by atoms with Crippen molar-refractivity contribution in [3.63, 3.8) is 0 Å². The van der Waals surface area contributed by atoms with Crippen LogP contribution in [0, 0.1) is 12.3 Å². The number of terminal acetylenes is 1. The molecule has 126 valence electrons. The van der Waals surface area contributed by atoms with Crippen molar-refractivity contribution < 1.29 is 9.15 Å². The van der Waals surface area contributed by atoms with Crippen molar-refractivity contribution in [1.29, 1.82) is 0 Å². The SMILES string of the molecule is C#CCOc1ccc2cc(CNC(=C)c3ccc(N)nc3N)oc2c1. The molecular weight excluding hydrogens is 316 g/mol. The van der Waals surface area contributed by atoms with Crippen molar-refractivity contribution in [2.45, 2.75) is 6.54 Å². The zero-order valence-corrected chi connectivity index (χ0v) is 13.6. The van der Waals surface area contributed by atoms with E-state index >= 15 is 0 Å². The Morgan fingerprint density at radius 2 is 2.12 bits per heavy atom. The fourth-order valence-electron chi connectivity index (χ4n) is 2.40. The molecule has 0 aliphatic heterocycles.